The van der Waals surface area contributed by atoms with Gasteiger partial charge in [-0.3, -0.25) is 4.90 Å². The third kappa shape index (κ3) is 2.76. The van der Waals surface area contributed by atoms with Crippen LogP contribution in [0.3, 0.4) is 0 Å². The summed E-state index contributed by atoms with van der Waals surface area (Å²) in [5, 5.41) is 10.6. The van der Waals surface area contributed by atoms with Crippen LogP contribution in [0.1, 0.15) is 42.1 Å². The number of fused-ring (bicyclic) bond motifs is 1. The lowest BCUT2D eigenvalue weighted by molar-refractivity contribution is -0.0592. The molecule has 1 fully saturated rings. The maximum atomic E-state index is 11.7. The lowest BCUT2D eigenvalue weighted by Gasteiger charge is -2.41. The van der Waals surface area contributed by atoms with Crippen molar-refractivity contribution in [2.75, 3.05) is 19.7 Å². The highest BCUT2D eigenvalue weighted by atomic mass is 32.1. The average Bonchev–Trinajstić information content (AvgIpc) is 2.86. The van der Waals surface area contributed by atoms with Crippen LogP contribution in [0.15, 0.2) is 24.3 Å². The Balaban J connectivity index is 2.05. The van der Waals surface area contributed by atoms with Gasteiger partial charge >= 0.3 is 5.97 Å². The molecule has 2 aromatic rings. The lowest BCUT2D eigenvalue weighted by atomic mass is 9.99. The van der Waals surface area contributed by atoms with Crippen molar-refractivity contribution in [3.8, 4) is 0 Å². The Hall–Kier alpha value is -1.43. The molecular weight excluding hydrogens is 298 g/mol. The van der Waals surface area contributed by atoms with Gasteiger partial charge in [0.15, 0.2) is 0 Å². The van der Waals surface area contributed by atoms with E-state index >= 15 is 0 Å². The van der Waals surface area contributed by atoms with Crippen LogP contribution >= 0.6 is 11.3 Å². The topological polar surface area (TPSA) is 49.8 Å². The maximum absolute atomic E-state index is 11.7. The SMILES string of the molecule is CC(C)(C)N1CCOC(c2c(C(=O)O)sc3ccccc23)C1. The van der Waals surface area contributed by atoms with Crippen LogP contribution < -0.4 is 0 Å². The van der Waals surface area contributed by atoms with Crippen molar-refractivity contribution >= 4 is 27.4 Å². The summed E-state index contributed by atoms with van der Waals surface area (Å²) in [6.45, 7) is 8.78. The Morgan fingerprint density at radius 1 is 1.36 bits per heavy atom. The van der Waals surface area contributed by atoms with Gasteiger partial charge < -0.3 is 9.84 Å². The molecule has 1 atom stereocenters. The first-order valence-corrected chi connectivity index (χ1v) is 8.31. The van der Waals surface area contributed by atoms with E-state index in [1.54, 1.807) is 0 Å². The second-order valence-electron chi connectivity index (χ2n) is 6.62. The first-order chi connectivity index (χ1) is 10.4. The second kappa shape index (κ2) is 5.65. The van der Waals surface area contributed by atoms with Gasteiger partial charge in [0, 0.05) is 28.9 Å². The number of carboxylic acid groups (broad SMARTS) is 1. The lowest BCUT2D eigenvalue weighted by Crippen LogP contribution is -2.49. The Kier molecular flexibility index (Phi) is 3.97. The van der Waals surface area contributed by atoms with E-state index in [2.05, 4.69) is 25.7 Å². The van der Waals surface area contributed by atoms with Gasteiger partial charge in [-0.1, -0.05) is 18.2 Å². The molecule has 22 heavy (non-hydrogen) atoms. The molecule has 1 unspecified atom stereocenters. The zero-order chi connectivity index (χ0) is 15.9. The van der Waals surface area contributed by atoms with Gasteiger partial charge in [0.2, 0.25) is 0 Å². The van der Waals surface area contributed by atoms with E-state index < -0.39 is 5.97 Å². The van der Waals surface area contributed by atoms with Crippen LogP contribution in [-0.4, -0.2) is 41.2 Å². The largest absolute Gasteiger partial charge is 0.477 e. The van der Waals surface area contributed by atoms with Gasteiger partial charge in [-0.25, -0.2) is 4.79 Å². The molecule has 1 aromatic carbocycles. The number of ether oxygens (including phenoxy) is 1. The molecule has 1 saturated heterocycles. The third-order valence-corrected chi connectivity index (χ3v) is 5.34. The van der Waals surface area contributed by atoms with Gasteiger partial charge in [0.05, 0.1) is 12.7 Å². The highest BCUT2D eigenvalue weighted by Gasteiger charge is 2.33. The average molecular weight is 319 g/mol. The summed E-state index contributed by atoms with van der Waals surface area (Å²) >= 11 is 1.34. The number of carbonyl (C=O) groups is 1. The van der Waals surface area contributed by atoms with Crippen molar-refractivity contribution in [2.24, 2.45) is 0 Å². The number of hydrogen-bond donors (Lipinski definition) is 1. The van der Waals surface area contributed by atoms with Crippen LogP contribution in [0.25, 0.3) is 10.1 Å². The monoisotopic (exact) mass is 319 g/mol. The molecule has 0 spiro atoms. The molecule has 0 saturated carbocycles. The summed E-state index contributed by atoms with van der Waals surface area (Å²) in [6.07, 6.45) is -0.185. The zero-order valence-electron chi connectivity index (χ0n) is 13.1. The van der Waals surface area contributed by atoms with E-state index in [1.807, 2.05) is 24.3 Å². The Morgan fingerprint density at radius 2 is 2.09 bits per heavy atom. The molecule has 118 valence electrons. The van der Waals surface area contributed by atoms with E-state index in [9.17, 15) is 9.90 Å². The zero-order valence-corrected chi connectivity index (χ0v) is 13.9. The Labute approximate surface area is 134 Å². The summed E-state index contributed by atoms with van der Waals surface area (Å²) in [5.74, 6) is -0.868. The van der Waals surface area contributed by atoms with Crippen LogP contribution in [-0.2, 0) is 4.74 Å². The first-order valence-electron chi connectivity index (χ1n) is 7.49. The minimum atomic E-state index is -0.868. The number of nitrogens with zero attached hydrogens (tertiary/aromatic N) is 1. The molecule has 0 aliphatic carbocycles. The van der Waals surface area contributed by atoms with Gasteiger partial charge in [0.1, 0.15) is 4.88 Å². The molecule has 5 heteroatoms. The maximum Gasteiger partial charge on any atom is 0.346 e. The Bertz CT molecular complexity index is 701. The highest BCUT2D eigenvalue weighted by molar-refractivity contribution is 7.21. The number of benzene rings is 1. The van der Waals surface area contributed by atoms with Gasteiger partial charge in [-0.2, -0.15) is 0 Å². The number of carboxylic acids is 1. The quantitative estimate of drug-likeness (QED) is 0.915. The van der Waals surface area contributed by atoms with E-state index in [1.165, 1.54) is 11.3 Å². The molecule has 1 N–H and O–H groups in total. The first kappa shape index (κ1) is 15.5. The molecule has 1 aromatic heterocycles. The van der Waals surface area contributed by atoms with Crippen molar-refractivity contribution in [1.29, 1.82) is 0 Å². The Morgan fingerprint density at radius 3 is 2.77 bits per heavy atom. The highest BCUT2D eigenvalue weighted by Crippen LogP contribution is 2.38. The number of aromatic carboxylic acids is 1. The van der Waals surface area contributed by atoms with Gasteiger partial charge in [0.25, 0.3) is 0 Å². The minimum absolute atomic E-state index is 0.0528. The van der Waals surface area contributed by atoms with Crippen LogP contribution in [0.4, 0.5) is 0 Å². The van der Waals surface area contributed by atoms with Crippen LogP contribution in [0.5, 0.6) is 0 Å². The minimum Gasteiger partial charge on any atom is -0.477 e. The van der Waals surface area contributed by atoms with Crippen LogP contribution in [0, 0.1) is 0 Å². The van der Waals surface area contributed by atoms with Crippen LogP contribution in [0.2, 0.25) is 0 Å². The van der Waals surface area contributed by atoms with Crippen molar-refractivity contribution in [3.05, 3.63) is 34.7 Å². The fraction of sp³-hybridized carbons (Fsp3) is 0.471. The number of morpholine rings is 1. The fourth-order valence-corrected chi connectivity index (χ4v) is 4.07. The molecule has 1 aliphatic heterocycles. The van der Waals surface area contributed by atoms with E-state index in [0.717, 1.165) is 28.7 Å². The number of thiophene rings is 1. The molecule has 2 heterocycles. The van der Waals surface area contributed by atoms with Crippen molar-refractivity contribution < 1.29 is 14.6 Å². The van der Waals surface area contributed by atoms with Crippen molar-refractivity contribution in [3.63, 3.8) is 0 Å². The molecule has 0 radical (unpaired) electrons. The van der Waals surface area contributed by atoms with Gasteiger partial charge in [-0.05, 0) is 32.2 Å². The molecular formula is C17H21NO3S. The van der Waals surface area contributed by atoms with E-state index in [4.69, 9.17) is 4.74 Å². The summed E-state index contributed by atoms with van der Waals surface area (Å²) in [5.41, 5.74) is 0.888. The molecule has 1 aliphatic rings. The summed E-state index contributed by atoms with van der Waals surface area (Å²) < 4.78 is 6.95. The number of hydrogen-bond acceptors (Lipinski definition) is 4. The molecule has 0 bridgehead atoms. The molecule has 3 rings (SSSR count). The second-order valence-corrected chi connectivity index (χ2v) is 7.67. The normalized spacial score (nSPS) is 20.4. The number of rotatable bonds is 2. The fourth-order valence-electron chi connectivity index (χ4n) is 2.98. The van der Waals surface area contributed by atoms with Crippen molar-refractivity contribution in [2.45, 2.75) is 32.4 Å². The molecule has 4 nitrogen and oxygen atoms in total. The predicted molar refractivity (Wildman–Crippen MR) is 88.8 cm³/mol. The standard InChI is InChI=1S/C17H21NO3S/c1-17(2,3)18-8-9-21-12(10-18)14-11-6-4-5-7-13(11)22-15(14)16(19)20/h4-7,12H,8-10H2,1-3H3,(H,19,20). The summed E-state index contributed by atoms with van der Waals surface area (Å²) in [6, 6.07) is 7.86. The van der Waals surface area contributed by atoms with E-state index in [0.29, 0.717) is 11.5 Å². The third-order valence-electron chi connectivity index (χ3n) is 4.17. The smallest absolute Gasteiger partial charge is 0.346 e. The predicted octanol–water partition coefficient (Wildman–Crippen LogP) is 3.77. The molecule has 0 amide bonds. The summed E-state index contributed by atoms with van der Waals surface area (Å²) in [4.78, 5) is 14.4. The van der Waals surface area contributed by atoms with Crippen molar-refractivity contribution in [1.82, 2.24) is 4.90 Å². The van der Waals surface area contributed by atoms with Gasteiger partial charge in [-0.15, -0.1) is 11.3 Å². The summed E-state index contributed by atoms with van der Waals surface area (Å²) in [7, 11) is 0. The van der Waals surface area contributed by atoms with E-state index in [-0.39, 0.29) is 11.6 Å².